The molecule has 0 unspecified atom stereocenters. The molecule has 0 saturated carbocycles. The summed E-state index contributed by atoms with van der Waals surface area (Å²) in [6, 6.07) is 19.5. The topological polar surface area (TPSA) is 32.7 Å². The molecule has 108 valence electrons. The van der Waals surface area contributed by atoms with Gasteiger partial charge in [-0.25, -0.2) is 4.99 Å². The van der Waals surface area contributed by atoms with Crippen molar-refractivity contribution >= 4 is 34.9 Å². The summed E-state index contributed by atoms with van der Waals surface area (Å²) in [7, 11) is 0. The van der Waals surface area contributed by atoms with E-state index >= 15 is 0 Å². The van der Waals surface area contributed by atoms with Crippen molar-refractivity contribution < 1.29 is 4.79 Å². The van der Waals surface area contributed by atoms with Gasteiger partial charge in [0.1, 0.15) is 0 Å². The molecule has 2 aromatic rings. The Labute approximate surface area is 133 Å². The Bertz CT molecular complexity index is 781. The number of thioether (sulfide) groups is 1. The van der Waals surface area contributed by atoms with Crippen molar-refractivity contribution in [2.24, 2.45) is 4.99 Å². The Balaban J connectivity index is 1.84. The van der Waals surface area contributed by atoms with Crippen LogP contribution in [0.25, 0.3) is 0 Å². The van der Waals surface area contributed by atoms with Crippen molar-refractivity contribution in [2.75, 3.05) is 10.7 Å². The highest BCUT2D eigenvalue weighted by Gasteiger charge is 2.40. The van der Waals surface area contributed by atoms with Gasteiger partial charge in [-0.1, -0.05) is 36.4 Å². The van der Waals surface area contributed by atoms with Gasteiger partial charge >= 0.3 is 0 Å². The van der Waals surface area contributed by atoms with Gasteiger partial charge in [0.15, 0.2) is 5.84 Å². The fourth-order valence-electron chi connectivity index (χ4n) is 2.73. The number of nitrogens with zero attached hydrogens (tertiary/aromatic N) is 2. The van der Waals surface area contributed by atoms with Crippen molar-refractivity contribution in [3.8, 4) is 0 Å². The van der Waals surface area contributed by atoms with Gasteiger partial charge < -0.3 is 0 Å². The fourth-order valence-corrected chi connectivity index (χ4v) is 3.87. The average Bonchev–Trinajstić information content (AvgIpc) is 3.13. The minimum Gasteiger partial charge on any atom is -0.269 e. The Hall–Kier alpha value is -2.33. The highest BCUT2D eigenvalue weighted by Crippen LogP contribution is 2.41. The number of benzene rings is 2. The van der Waals surface area contributed by atoms with Crippen LogP contribution in [-0.4, -0.2) is 17.5 Å². The first kappa shape index (κ1) is 13.3. The number of hydrogen-bond donors (Lipinski definition) is 0. The standard InChI is InChI=1S/C18H14N2OS/c21-18-15-11-12-22-16(15)17(19-13-7-3-1-4-8-13)20(18)14-9-5-2-6-10-14/h1-10H,11-12H2/b19-17+. The van der Waals surface area contributed by atoms with E-state index < -0.39 is 0 Å². The number of rotatable bonds is 2. The minimum atomic E-state index is 0.0703. The number of amidine groups is 1. The molecular formula is C18H14N2OS. The summed E-state index contributed by atoms with van der Waals surface area (Å²) >= 11 is 1.73. The van der Waals surface area contributed by atoms with Gasteiger partial charge in [-0.15, -0.1) is 11.8 Å². The number of para-hydroxylation sites is 2. The lowest BCUT2D eigenvalue weighted by Crippen LogP contribution is -2.32. The van der Waals surface area contributed by atoms with Crippen LogP contribution < -0.4 is 4.90 Å². The van der Waals surface area contributed by atoms with Crippen LogP contribution in [0.1, 0.15) is 6.42 Å². The number of anilines is 1. The van der Waals surface area contributed by atoms with Crippen molar-refractivity contribution in [2.45, 2.75) is 6.42 Å². The van der Waals surface area contributed by atoms with E-state index in [4.69, 9.17) is 4.99 Å². The quantitative estimate of drug-likeness (QED) is 0.835. The van der Waals surface area contributed by atoms with Crippen molar-refractivity contribution in [1.82, 2.24) is 0 Å². The molecule has 0 spiro atoms. The molecule has 0 N–H and O–H groups in total. The molecule has 1 amide bonds. The highest BCUT2D eigenvalue weighted by atomic mass is 32.2. The van der Waals surface area contributed by atoms with Crippen LogP contribution in [0.2, 0.25) is 0 Å². The van der Waals surface area contributed by atoms with Crippen molar-refractivity contribution in [1.29, 1.82) is 0 Å². The summed E-state index contributed by atoms with van der Waals surface area (Å²) in [5, 5.41) is 0. The van der Waals surface area contributed by atoms with Gasteiger partial charge in [0.05, 0.1) is 16.3 Å². The van der Waals surface area contributed by atoms with Crippen LogP contribution in [0.4, 0.5) is 11.4 Å². The van der Waals surface area contributed by atoms with Crippen molar-refractivity contribution in [3.63, 3.8) is 0 Å². The van der Waals surface area contributed by atoms with Gasteiger partial charge in [-0.05, 0) is 30.7 Å². The SMILES string of the molecule is O=C1C2=C(SCC2)/C(=N\c2ccccc2)N1c1ccccc1. The summed E-state index contributed by atoms with van der Waals surface area (Å²) in [4.78, 5) is 20.3. The smallest absolute Gasteiger partial charge is 0.261 e. The molecule has 0 saturated heterocycles. The summed E-state index contributed by atoms with van der Waals surface area (Å²) in [6.45, 7) is 0. The Morgan fingerprint density at radius 2 is 1.64 bits per heavy atom. The lowest BCUT2D eigenvalue weighted by Gasteiger charge is -2.19. The fraction of sp³-hybridized carbons (Fsp3) is 0.111. The van der Waals surface area contributed by atoms with Gasteiger partial charge in [0.25, 0.3) is 5.91 Å². The second kappa shape index (κ2) is 5.46. The average molecular weight is 306 g/mol. The van der Waals surface area contributed by atoms with E-state index in [1.807, 2.05) is 60.7 Å². The maximum absolute atomic E-state index is 12.8. The largest absolute Gasteiger partial charge is 0.269 e. The predicted octanol–water partition coefficient (Wildman–Crippen LogP) is 4.15. The molecule has 0 radical (unpaired) electrons. The lowest BCUT2D eigenvalue weighted by atomic mass is 10.2. The summed E-state index contributed by atoms with van der Waals surface area (Å²) in [6.07, 6.45) is 0.829. The second-order valence-corrected chi connectivity index (χ2v) is 6.26. The van der Waals surface area contributed by atoms with E-state index in [-0.39, 0.29) is 5.91 Å². The maximum Gasteiger partial charge on any atom is 0.261 e. The third kappa shape index (κ3) is 2.16. The summed E-state index contributed by atoms with van der Waals surface area (Å²) in [5.41, 5.74) is 2.65. The molecule has 3 nitrogen and oxygen atoms in total. The second-order valence-electron chi connectivity index (χ2n) is 5.15. The third-order valence-electron chi connectivity index (χ3n) is 3.75. The molecule has 0 bridgehead atoms. The zero-order valence-electron chi connectivity index (χ0n) is 11.9. The Morgan fingerprint density at radius 3 is 2.36 bits per heavy atom. The zero-order chi connectivity index (χ0) is 14.9. The van der Waals surface area contributed by atoms with E-state index in [1.54, 1.807) is 16.7 Å². The molecule has 0 atom stereocenters. The van der Waals surface area contributed by atoms with E-state index in [0.717, 1.165) is 39.9 Å². The van der Waals surface area contributed by atoms with Crippen LogP contribution in [0.3, 0.4) is 0 Å². The summed E-state index contributed by atoms with van der Waals surface area (Å²) < 4.78 is 0. The Kier molecular flexibility index (Phi) is 3.31. The molecule has 2 heterocycles. The van der Waals surface area contributed by atoms with Crippen LogP contribution in [-0.2, 0) is 4.79 Å². The van der Waals surface area contributed by atoms with E-state index in [0.29, 0.717) is 0 Å². The highest BCUT2D eigenvalue weighted by molar-refractivity contribution is 8.04. The zero-order valence-corrected chi connectivity index (χ0v) is 12.7. The molecular weight excluding hydrogens is 292 g/mol. The third-order valence-corrected chi connectivity index (χ3v) is 4.88. The predicted molar refractivity (Wildman–Crippen MR) is 91.6 cm³/mol. The number of carbonyl (C=O) groups is 1. The molecule has 2 aliphatic rings. The van der Waals surface area contributed by atoms with Crippen LogP contribution >= 0.6 is 11.8 Å². The monoisotopic (exact) mass is 306 g/mol. The van der Waals surface area contributed by atoms with E-state index in [1.165, 1.54) is 0 Å². The van der Waals surface area contributed by atoms with Gasteiger partial charge in [-0.3, -0.25) is 9.69 Å². The maximum atomic E-state index is 12.8. The normalized spacial score (nSPS) is 19.2. The number of amides is 1. The first-order valence-corrected chi connectivity index (χ1v) is 8.23. The molecule has 0 aliphatic carbocycles. The molecule has 0 fully saturated rings. The Morgan fingerprint density at radius 1 is 0.955 bits per heavy atom. The first-order chi connectivity index (χ1) is 10.8. The summed E-state index contributed by atoms with van der Waals surface area (Å²) in [5.74, 6) is 1.80. The molecule has 4 rings (SSSR count). The van der Waals surface area contributed by atoms with Gasteiger partial charge in [0, 0.05) is 11.3 Å². The van der Waals surface area contributed by atoms with E-state index in [2.05, 4.69) is 0 Å². The molecule has 2 aliphatic heterocycles. The number of hydrogen-bond acceptors (Lipinski definition) is 3. The van der Waals surface area contributed by atoms with E-state index in [9.17, 15) is 4.79 Å². The van der Waals surface area contributed by atoms with Gasteiger partial charge in [0.2, 0.25) is 0 Å². The first-order valence-electron chi connectivity index (χ1n) is 7.24. The molecule has 22 heavy (non-hydrogen) atoms. The number of carbonyl (C=O) groups excluding carboxylic acids is 1. The lowest BCUT2D eigenvalue weighted by molar-refractivity contribution is -0.114. The minimum absolute atomic E-state index is 0.0703. The van der Waals surface area contributed by atoms with Gasteiger partial charge in [-0.2, -0.15) is 0 Å². The number of aliphatic imine (C=N–C) groups is 1. The van der Waals surface area contributed by atoms with Crippen LogP contribution in [0, 0.1) is 0 Å². The molecule has 0 aromatic heterocycles. The van der Waals surface area contributed by atoms with Crippen LogP contribution in [0.5, 0.6) is 0 Å². The van der Waals surface area contributed by atoms with Crippen LogP contribution in [0.15, 0.2) is 76.1 Å². The molecule has 2 aromatic carbocycles. The molecule has 4 heteroatoms. The van der Waals surface area contributed by atoms with Crippen molar-refractivity contribution in [3.05, 3.63) is 71.1 Å².